The Morgan fingerprint density at radius 3 is 1.88 bits per heavy atom. The summed E-state index contributed by atoms with van der Waals surface area (Å²) in [7, 11) is 1.30. The van der Waals surface area contributed by atoms with Crippen molar-refractivity contribution in [3.63, 3.8) is 0 Å². The molecule has 2 heterocycles. The first-order chi connectivity index (χ1) is 15.6. The van der Waals surface area contributed by atoms with Gasteiger partial charge in [0.2, 0.25) is 0 Å². The number of esters is 2. The van der Waals surface area contributed by atoms with Crippen LogP contribution in [0.5, 0.6) is 11.5 Å². The summed E-state index contributed by atoms with van der Waals surface area (Å²) in [6, 6.07) is 20.3. The first-order valence-corrected chi connectivity index (χ1v) is 9.67. The van der Waals surface area contributed by atoms with Gasteiger partial charge < -0.3 is 14.6 Å². The van der Waals surface area contributed by atoms with Gasteiger partial charge in [-0.25, -0.2) is 9.59 Å². The number of methoxy groups -OCH3 is 1. The number of hydrogen-bond donors (Lipinski definition) is 1. The molecule has 0 spiro atoms. The molecule has 0 aliphatic rings. The minimum atomic E-state index is -0.583. The number of aromatic nitrogens is 2. The van der Waals surface area contributed by atoms with Crippen molar-refractivity contribution in [2.24, 2.45) is 0 Å². The summed E-state index contributed by atoms with van der Waals surface area (Å²) < 4.78 is 10.3. The lowest BCUT2D eigenvalue weighted by atomic mass is 10.1. The van der Waals surface area contributed by atoms with E-state index < -0.39 is 11.9 Å². The summed E-state index contributed by atoms with van der Waals surface area (Å²) in [4.78, 5) is 32.9. The highest BCUT2D eigenvalue weighted by Crippen LogP contribution is 2.30. The van der Waals surface area contributed by atoms with Gasteiger partial charge in [0.25, 0.3) is 0 Å². The second-order valence-corrected chi connectivity index (χ2v) is 6.76. The maximum absolute atomic E-state index is 12.7. The normalized spacial score (nSPS) is 10.4. The van der Waals surface area contributed by atoms with Crippen molar-refractivity contribution in [1.29, 1.82) is 0 Å². The zero-order valence-corrected chi connectivity index (χ0v) is 17.1. The molecule has 32 heavy (non-hydrogen) atoms. The third-order valence-corrected chi connectivity index (χ3v) is 4.73. The van der Waals surface area contributed by atoms with E-state index in [4.69, 9.17) is 4.74 Å². The third-order valence-electron chi connectivity index (χ3n) is 4.73. The smallest absolute Gasteiger partial charge is 0.345 e. The number of hydrogen-bond acceptors (Lipinski definition) is 7. The first kappa shape index (κ1) is 20.7. The minimum absolute atomic E-state index is 0.106. The topological polar surface area (TPSA) is 98.6 Å². The summed E-state index contributed by atoms with van der Waals surface area (Å²) in [6.07, 6.45) is 2.80. The van der Waals surface area contributed by atoms with Gasteiger partial charge in [0.15, 0.2) is 0 Å². The van der Waals surface area contributed by atoms with Crippen LogP contribution in [-0.2, 0) is 4.74 Å². The molecule has 0 bridgehead atoms. The van der Waals surface area contributed by atoms with E-state index in [2.05, 4.69) is 14.7 Å². The second kappa shape index (κ2) is 9.09. The molecular formula is C25H18N2O5. The quantitative estimate of drug-likeness (QED) is 0.370. The number of nitrogens with zero attached hydrogens (tertiary/aromatic N) is 2. The molecule has 0 radical (unpaired) electrons. The van der Waals surface area contributed by atoms with Crippen LogP contribution < -0.4 is 4.74 Å². The number of ether oxygens (including phenoxy) is 2. The van der Waals surface area contributed by atoms with Crippen LogP contribution in [0.25, 0.3) is 22.5 Å². The molecule has 0 atom stereocenters. The maximum atomic E-state index is 12.7. The number of carbonyl (C=O) groups excluding carboxylic acids is 2. The fourth-order valence-electron chi connectivity index (χ4n) is 3.08. The zero-order chi connectivity index (χ0) is 22.5. The molecule has 2 aromatic heterocycles. The number of pyridine rings is 2. The average Bonchev–Trinajstić information content (AvgIpc) is 2.84. The van der Waals surface area contributed by atoms with E-state index in [1.165, 1.54) is 19.5 Å². The van der Waals surface area contributed by atoms with Crippen LogP contribution in [0.1, 0.15) is 20.7 Å². The molecule has 4 rings (SSSR count). The highest BCUT2D eigenvalue weighted by atomic mass is 16.5. The van der Waals surface area contributed by atoms with Gasteiger partial charge in [0, 0.05) is 23.5 Å². The van der Waals surface area contributed by atoms with Crippen LogP contribution in [0.3, 0.4) is 0 Å². The van der Waals surface area contributed by atoms with E-state index in [1.807, 2.05) is 0 Å². The van der Waals surface area contributed by atoms with Gasteiger partial charge in [-0.15, -0.1) is 0 Å². The molecule has 0 fully saturated rings. The Hall–Kier alpha value is -4.52. The van der Waals surface area contributed by atoms with Crippen molar-refractivity contribution < 1.29 is 24.2 Å². The third kappa shape index (κ3) is 4.32. The van der Waals surface area contributed by atoms with Crippen LogP contribution in [-0.4, -0.2) is 34.1 Å². The highest BCUT2D eigenvalue weighted by molar-refractivity contribution is 5.92. The molecule has 0 aliphatic heterocycles. The molecule has 7 heteroatoms. The summed E-state index contributed by atoms with van der Waals surface area (Å²) in [5.41, 5.74) is 2.81. The van der Waals surface area contributed by atoms with Crippen LogP contribution in [0.15, 0.2) is 85.2 Å². The molecule has 0 aliphatic carbocycles. The molecular weight excluding hydrogens is 408 g/mol. The van der Waals surface area contributed by atoms with E-state index in [1.54, 1.807) is 72.8 Å². The number of phenolic OH excluding ortho intramolecular Hbond substituents is 1. The average molecular weight is 426 g/mol. The van der Waals surface area contributed by atoms with E-state index in [9.17, 15) is 14.7 Å². The summed E-state index contributed by atoms with van der Waals surface area (Å²) in [5.74, 6) is -0.640. The van der Waals surface area contributed by atoms with Crippen molar-refractivity contribution in [2.45, 2.75) is 0 Å². The highest BCUT2D eigenvalue weighted by Gasteiger charge is 2.15. The largest absolute Gasteiger partial charge is 0.507 e. The zero-order valence-electron chi connectivity index (χ0n) is 17.1. The molecule has 0 saturated carbocycles. The molecule has 158 valence electrons. The van der Waals surface area contributed by atoms with E-state index in [0.717, 1.165) is 0 Å². The Morgan fingerprint density at radius 1 is 0.719 bits per heavy atom. The predicted octanol–water partition coefficient (Wildman–Crippen LogP) is 4.52. The molecule has 7 nitrogen and oxygen atoms in total. The van der Waals surface area contributed by atoms with Crippen molar-refractivity contribution in [2.75, 3.05) is 7.11 Å². The van der Waals surface area contributed by atoms with E-state index in [0.29, 0.717) is 33.8 Å². The Morgan fingerprint density at radius 2 is 1.28 bits per heavy atom. The van der Waals surface area contributed by atoms with Crippen LogP contribution >= 0.6 is 0 Å². The number of para-hydroxylation sites is 2. The molecule has 1 N–H and O–H groups in total. The lowest BCUT2D eigenvalue weighted by Gasteiger charge is -2.10. The molecule has 4 aromatic rings. The number of rotatable bonds is 5. The maximum Gasteiger partial charge on any atom is 0.345 e. The van der Waals surface area contributed by atoms with Gasteiger partial charge in [0.05, 0.1) is 29.6 Å². The van der Waals surface area contributed by atoms with Crippen LogP contribution in [0.2, 0.25) is 0 Å². The SMILES string of the molecule is COC(=O)c1ccc(-c2ccccc2OC(=O)c2ccc(-c3ccccc3O)nc2)nc1. The Kier molecular flexibility index (Phi) is 5.89. The van der Waals surface area contributed by atoms with Crippen molar-refractivity contribution in [3.8, 4) is 34.0 Å². The van der Waals surface area contributed by atoms with Gasteiger partial charge in [-0.2, -0.15) is 0 Å². The van der Waals surface area contributed by atoms with E-state index >= 15 is 0 Å². The van der Waals surface area contributed by atoms with Crippen molar-refractivity contribution in [3.05, 3.63) is 96.3 Å². The molecule has 0 unspecified atom stereocenters. The monoisotopic (exact) mass is 426 g/mol. The lowest BCUT2D eigenvalue weighted by Crippen LogP contribution is -2.10. The fourth-order valence-corrected chi connectivity index (χ4v) is 3.08. The molecule has 2 aromatic carbocycles. The summed E-state index contributed by atoms with van der Waals surface area (Å²) in [5, 5.41) is 9.97. The van der Waals surface area contributed by atoms with Crippen LogP contribution in [0.4, 0.5) is 0 Å². The van der Waals surface area contributed by atoms with Crippen molar-refractivity contribution >= 4 is 11.9 Å². The number of aromatic hydroxyl groups is 1. The molecule has 0 amide bonds. The van der Waals surface area contributed by atoms with Gasteiger partial charge in [0.1, 0.15) is 11.5 Å². The number of carbonyl (C=O) groups is 2. The Bertz CT molecular complexity index is 1270. The van der Waals surface area contributed by atoms with Gasteiger partial charge in [-0.3, -0.25) is 9.97 Å². The number of benzene rings is 2. The number of phenols is 1. The summed E-state index contributed by atoms with van der Waals surface area (Å²) >= 11 is 0. The Balaban J connectivity index is 1.55. The van der Waals surface area contributed by atoms with E-state index in [-0.39, 0.29) is 11.3 Å². The van der Waals surface area contributed by atoms with Gasteiger partial charge in [-0.1, -0.05) is 24.3 Å². The Labute approximate surface area is 183 Å². The second-order valence-electron chi connectivity index (χ2n) is 6.76. The molecule has 0 saturated heterocycles. The summed E-state index contributed by atoms with van der Waals surface area (Å²) in [6.45, 7) is 0. The van der Waals surface area contributed by atoms with Gasteiger partial charge >= 0.3 is 11.9 Å². The first-order valence-electron chi connectivity index (χ1n) is 9.67. The lowest BCUT2D eigenvalue weighted by molar-refractivity contribution is 0.0599. The fraction of sp³-hybridized carbons (Fsp3) is 0.0400. The van der Waals surface area contributed by atoms with Gasteiger partial charge in [-0.05, 0) is 48.5 Å². The van der Waals surface area contributed by atoms with Crippen molar-refractivity contribution in [1.82, 2.24) is 9.97 Å². The predicted molar refractivity (Wildman–Crippen MR) is 117 cm³/mol. The standard InChI is InChI=1S/C25H18N2O5/c1-31-24(29)16-10-13-21(27-14-16)19-7-3-5-9-23(19)32-25(30)17-11-12-20(26-15-17)18-6-2-4-8-22(18)28/h2-15,28H,1H3. The van der Waals surface area contributed by atoms with Crippen LogP contribution in [0, 0.1) is 0 Å². The minimum Gasteiger partial charge on any atom is -0.507 e.